The lowest BCUT2D eigenvalue weighted by Gasteiger charge is -2.20. The molecule has 1 heterocycles. The van der Waals surface area contributed by atoms with E-state index in [-0.39, 0.29) is 17.2 Å². The Labute approximate surface area is 175 Å². The predicted octanol–water partition coefficient (Wildman–Crippen LogP) is 3.27. The number of amides is 1. The lowest BCUT2D eigenvalue weighted by molar-refractivity contribution is -0.384. The van der Waals surface area contributed by atoms with Gasteiger partial charge in [0, 0.05) is 31.8 Å². The van der Waals surface area contributed by atoms with Gasteiger partial charge < -0.3 is 15.0 Å². The second-order valence-electron chi connectivity index (χ2n) is 7.34. The fraction of sp³-hybridized carbons (Fsp3) is 0.364. The molecule has 1 amide bonds. The summed E-state index contributed by atoms with van der Waals surface area (Å²) in [5, 5.41) is 13.9. The van der Waals surface area contributed by atoms with E-state index in [2.05, 4.69) is 5.32 Å². The number of rotatable bonds is 8. The van der Waals surface area contributed by atoms with E-state index in [1.807, 2.05) is 42.2 Å². The van der Waals surface area contributed by atoms with Gasteiger partial charge in [-0.3, -0.25) is 14.9 Å². The molecule has 1 N–H and O–H groups in total. The van der Waals surface area contributed by atoms with Crippen molar-refractivity contribution in [1.29, 1.82) is 0 Å². The minimum absolute atomic E-state index is 0.108. The molecular formula is C22H25N3O5. The average Bonchev–Trinajstić information content (AvgIpc) is 3.30. The highest BCUT2D eigenvalue weighted by Gasteiger charge is 2.24. The van der Waals surface area contributed by atoms with Gasteiger partial charge in [0.05, 0.1) is 16.2 Å². The molecule has 0 aromatic heterocycles. The highest BCUT2D eigenvalue weighted by Crippen LogP contribution is 2.29. The molecule has 0 spiro atoms. The fourth-order valence-corrected chi connectivity index (χ4v) is 3.46. The molecular weight excluding hydrogens is 386 g/mol. The highest BCUT2D eigenvalue weighted by molar-refractivity contribution is 5.97. The number of nitrogens with one attached hydrogen (secondary N) is 1. The van der Waals surface area contributed by atoms with Gasteiger partial charge in [-0.05, 0) is 30.4 Å². The molecule has 1 atom stereocenters. The number of esters is 1. The summed E-state index contributed by atoms with van der Waals surface area (Å²) < 4.78 is 5.16. The lowest BCUT2D eigenvalue weighted by Crippen LogP contribution is -2.32. The first-order chi connectivity index (χ1) is 14.5. The van der Waals surface area contributed by atoms with Crippen LogP contribution in [-0.2, 0) is 9.53 Å². The first-order valence-corrected chi connectivity index (χ1v) is 9.98. The second kappa shape index (κ2) is 9.87. The maximum atomic E-state index is 12.6. The van der Waals surface area contributed by atoms with E-state index in [0.29, 0.717) is 12.2 Å². The first-order valence-electron chi connectivity index (χ1n) is 9.98. The third-order valence-corrected chi connectivity index (χ3v) is 5.17. The van der Waals surface area contributed by atoms with E-state index in [1.54, 1.807) is 6.07 Å². The molecule has 8 heteroatoms. The molecule has 0 unspecified atom stereocenters. The number of anilines is 1. The molecule has 158 valence electrons. The number of hydrogen-bond donors (Lipinski definition) is 1. The van der Waals surface area contributed by atoms with Gasteiger partial charge in [-0.25, -0.2) is 4.79 Å². The van der Waals surface area contributed by atoms with Gasteiger partial charge in [0.1, 0.15) is 0 Å². The van der Waals surface area contributed by atoms with Crippen molar-refractivity contribution in [2.24, 2.45) is 0 Å². The van der Waals surface area contributed by atoms with E-state index >= 15 is 0 Å². The lowest BCUT2D eigenvalue weighted by atomic mass is 10.0. The molecule has 1 aliphatic rings. The standard InChI is InChI=1S/C22H25N3O5/c1-16(17-7-3-2-4-8-17)14-23-21(26)15-30-22(27)19-13-18(25(28)29)9-10-20(19)24-11-5-6-12-24/h2-4,7-10,13,16H,5-6,11-12,14-15H2,1H3,(H,23,26)/t16-/m0/s1. The van der Waals surface area contributed by atoms with Crippen LogP contribution in [0.1, 0.15) is 41.6 Å². The van der Waals surface area contributed by atoms with Crippen molar-refractivity contribution in [1.82, 2.24) is 5.32 Å². The number of nitrogens with zero attached hydrogens (tertiary/aromatic N) is 2. The normalized spacial score (nSPS) is 14.2. The average molecular weight is 411 g/mol. The van der Waals surface area contributed by atoms with Crippen molar-refractivity contribution in [3.63, 3.8) is 0 Å². The van der Waals surface area contributed by atoms with Crippen molar-refractivity contribution >= 4 is 23.3 Å². The third-order valence-electron chi connectivity index (χ3n) is 5.17. The SMILES string of the molecule is C[C@@H](CNC(=O)COC(=O)c1cc([N+](=O)[O-])ccc1N1CCCC1)c1ccccc1. The molecule has 0 bridgehead atoms. The number of carbonyl (C=O) groups is 2. The maximum absolute atomic E-state index is 12.6. The summed E-state index contributed by atoms with van der Waals surface area (Å²) in [5.74, 6) is -1.05. The maximum Gasteiger partial charge on any atom is 0.341 e. The van der Waals surface area contributed by atoms with E-state index in [4.69, 9.17) is 4.74 Å². The van der Waals surface area contributed by atoms with Crippen LogP contribution >= 0.6 is 0 Å². The van der Waals surface area contributed by atoms with Crippen molar-refractivity contribution in [2.75, 3.05) is 31.1 Å². The van der Waals surface area contributed by atoms with Crippen molar-refractivity contribution in [3.05, 3.63) is 69.8 Å². The molecule has 1 saturated heterocycles. The Kier molecular flexibility index (Phi) is 7.00. The van der Waals surface area contributed by atoms with Crippen LogP contribution in [0.2, 0.25) is 0 Å². The van der Waals surface area contributed by atoms with Crippen LogP contribution in [0.25, 0.3) is 0 Å². The van der Waals surface area contributed by atoms with Gasteiger partial charge in [-0.1, -0.05) is 37.3 Å². The van der Waals surface area contributed by atoms with Crippen molar-refractivity contribution in [3.8, 4) is 0 Å². The Hall–Kier alpha value is -3.42. The van der Waals surface area contributed by atoms with Crippen LogP contribution in [0.4, 0.5) is 11.4 Å². The predicted molar refractivity (Wildman–Crippen MR) is 113 cm³/mol. The van der Waals surface area contributed by atoms with Gasteiger partial charge in [-0.15, -0.1) is 0 Å². The number of nitro groups is 1. The molecule has 0 radical (unpaired) electrons. The van der Waals surface area contributed by atoms with Crippen molar-refractivity contribution < 1.29 is 19.2 Å². The first kappa shape index (κ1) is 21.3. The van der Waals surface area contributed by atoms with E-state index < -0.39 is 23.4 Å². The molecule has 3 rings (SSSR count). The zero-order chi connectivity index (χ0) is 21.5. The largest absolute Gasteiger partial charge is 0.452 e. The number of hydrogen-bond acceptors (Lipinski definition) is 6. The summed E-state index contributed by atoms with van der Waals surface area (Å²) in [5.41, 5.74) is 1.62. The Bertz CT molecular complexity index is 910. The molecule has 0 saturated carbocycles. The summed E-state index contributed by atoms with van der Waals surface area (Å²) in [4.78, 5) is 37.3. The number of benzene rings is 2. The van der Waals surface area contributed by atoms with Crippen LogP contribution in [0.15, 0.2) is 48.5 Å². The molecule has 0 aliphatic carbocycles. The summed E-state index contributed by atoms with van der Waals surface area (Å²) in [6, 6.07) is 13.9. The quantitative estimate of drug-likeness (QED) is 0.406. The number of non-ortho nitro benzene ring substituents is 1. The number of ether oxygens (including phenoxy) is 1. The fourth-order valence-electron chi connectivity index (χ4n) is 3.46. The minimum atomic E-state index is -0.744. The molecule has 30 heavy (non-hydrogen) atoms. The minimum Gasteiger partial charge on any atom is -0.452 e. The molecule has 2 aromatic rings. The molecule has 1 aliphatic heterocycles. The zero-order valence-electron chi connectivity index (χ0n) is 16.9. The molecule has 2 aromatic carbocycles. The second-order valence-corrected chi connectivity index (χ2v) is 7.34. The third kappa shape index (κ3) is 5.34. The monoisotopic (exact) mass is 411 g/mol. The smallest absolute Gasteiger partial charge is 0.341 e. The van der Waals surface area contributed by atoms with E-state index in [9.17, 15) is 19.7 Å². The highest BCUT2D eigenvalue weighted by atomic mass is 16.6. The Morgan fingerprint density at radius 1 is 1.17 bits per heavy atom. The van der Waals surface area contributed by atoms with Crippen LogP contribution in [0.3, 0.4) is 0 Å². The van der Waals surface area contributed by atoms with Crippen molar-refractivity contribution in [2.45, 2.75) is 25.7 Å². The topological polar surface area (TPSA) is 102 Å². The zero-order valence-corrected chi connectivity index (χ0v) is 16.9. The van der Waals surface area contributed by atoms with Crippen LogP contribution < -0.4 is 10.2 Å². The van der Waals surface area contributed by atoms with E-state index in [0.717, 1.165) is 31.5 Å². The van der Waals surface area contributed by atoms with Gasteiger partial charge in [0.15, 0.2) is 6.61 Å². The van der Waals surface area contributed by atoms with Gasteiger partial charge >= 0.3 is 5.97 Å². The number of nitro benzene ring substituents is 1. The number of carbonyl (C=O) groups excluding carboxylic acids is 2. The summed E-state index contributed by atoms with van der Waals surface area (Å²) in [6.07, 6.45) is 1.99. The summed E-state index contributed by atoms with van der Waals surface area (Å²) >= 11 is 0. The summed E-state index contributed by atoms with van der Waals surface area (Å²) in [7, 11) is 0. The Morgan fingerprint density at radius 2 is 1.87 bits per heavy atom. The molecule has 1 fully saturated rings. The van der Waals surface area contributed by atoms with Crippen LogP contribution in [-0.4, -0.2) is 43.0 Å². The van der Waals surface area contributed by atoms with Gasteiger partial charge in [0.25, 0.3) is 11.6 Å². The summed E-state index contributed by atoms with van der Waals surface area (Å²) in [6.45, 7) is 3.51. The van der Waals surface area contributed by atoms with Crippen LogP contribution in [0, 0.1) is 10.1 Å². The van der Waals surface area contributed by atoms with Gasteiger partial charge in [0.2, 0.25) is 0 Å². The Morgan fingerprint density at radius 3 is 2.53 bits per heavy atom. The van der Waals surface area contributed by atoms with Crippen LogP contribution in [0.5, 0.6) is 0 Å². The van der Waals surface area contributed by atoms with E-state index in [1.165, 1.54) is 12.1 Å². The Balaban J connectivity index is 1.60. The molecule has 8 nitrogen and oxygen atoms in total. The van der Waals surface area contributed by atoms with Gasteiger partial charge in [-0.2, -0.15) is 0 Å².